The zero-order valence-corrected chi connectivity index (χ0v) is 19.1. The molecule has 0 unspecified atom stereocenters. The van der Waals surface area contributed by atoms with Crippen molar-refractivity contribution in [1.29, 1.82) is 0 Å². The predicted molar refractivity (Wildman–Crippen MR) is 120 cm³/mol. The van der Waals surface area contributed by atoms with Crippen LogP contribution in [-0.2, 0) is 0 Å². The number of carbonyl (C=O) groups excluding carboxylic acids is 2. The van der Waals surface area contributed by atoms with Gasteiger partial charge in [-0.15, -0.1) is 0 Å². The van der Waals surface area contributed by atoms with Gasteiger partial charge in [-0.05, 0) is 46.3 Å². The number of rotatable bonds is 10. The number of aromatic nitrogens is 1. The minimum absolute atomic E-state index is 0.0734. The van der Waals surface area contributed by atoms with Gasteiger partial charge in [0.1, 0.15) is 11.1 Å². The molecule has 2 rings (SSSR count). The van der Waals surface area contributed by atoms with Crippen molar-refractivity contribution in [2.45, 2.75) is 64.3 Å². The lowest BCUT2D eigenvalue weighted by Crippen LogP contribution is -2.37. The lowest BCUT2D eigenvalue weighted by Gasteiger charge is -2.26. The van der Waals surface area contributed by atoms with E-state index >= 15 is 0 Å². The third kappa shape index (κ3) is 6.69. The van der Waals surface area contributed by atoms with E-state index in [1.807, 2.05) is 25.6 Å². The Hall–Kier alpha value is -2.15. The molecule has 1 aliphatic rings. The van der Waals surface area contributed by atoms with E-state index in [-0.39, 0.29) is 29.0 Å². The van der Waals surface area contributed by atoms with Gasteiger partial charge in [0, 0.05) is 38.6 Å². The third-order valence-electron chi connectivity index (χ3n) is 5.78. The van der Waals surface area contributed by atoms with Crippen LogP contribution in [0, 0.1) is 0 Å². The van der Waals surface area contributed by atoms with Crippen molar-refractivity contribution < 1.29 is 9.59 Å². The van der Waals surface area contributed by atoms with E-state index in [1.165, 1.54) is 6.42 Å². The molecule has 1 aliphatic carbocycles. The van der Waals surface area contributed by atoms with Gasteiger partial charge in [0.25, 0.3) is 11.8 Å². The smallest absolute Gasteiger partial charge is 0.259 e. The molecule has 0 bridgehead atoms. The second-order valence-corrected chi connectivity index (χ2v) is 8.65. The molecule has 7 nitrogen and oxygen atoms in total. The number of carbonyl (C=O) groups is 2. The maximum atomic E-state index is 13.1. The van der Waals surface area contributed by atoms with Crippen molar-refractivity contribution in [3.05, 3.63) is 33.7 Å². The first-order valence-corrected chi connectivity index (χ1v) is 11.3. The van der Waals surface area contributed by atoms with Gasteiger partial charge in [0.2, 0.25) is 5.43 Å². The van der Waals surface area contributed by atoms with Gasteiger partial charge < -0.3 is 19.7 Å². The summed E-state index contributed by atoms with van der Waals surface area (Å²) >= 11 is 0. The van der Waals surface area contributed by atoms with Crippen LogP contribution in [0.15, 0.2) is 17.2 Å². The molecular weight excluding hydrogens is 380 g/mol. The van der Waals surface area contributed by atoms with E-state index in [0.717, 1.165) is 51.5 Å². The average molecular weight is 419 g/mol. The Balaban J connectivity index is 2.32. The molecule has 1 aromatic rings. The summed E-state index contributed by atoms with van der Waals surface area (Å²) in [6.07, 6.45) is 11.4. The van der Waals surface area contributed by atoms with Gasteiger partial charge in [-0.1, -0.05) is 32.6 Å². The molecule has 0 aliphatic heterocycles. The van der Waals surface area contributed by atoms with Crippen LogP contribution >= 0.6 is 0 Å². The first kappa shape index (κ1) is 24.1. The summed E-state index contributed by atoms with van der Waals surface area (Å²) in [7, 11) is 5.70. The standard InChI is InChI=1S/C23H38N4O3/c1-5-6-13-24-22(29)19-16-27(18-11-8-7-9-12-18)17-20(21(19)28)23(30)26(4)15-10-14-25(2)3/h16-18H,5-15H2,1-4H3,(H,24,29). The summed E-state index contributed by atoms with van der Waals surface area (Å²) in [5.74, 6) is -0.700. The number of nitrogens with one attached hydrogen (secondary N) is 1. The Morgan fingerprint density at radius 3 is 2.33 bits per heavy atom. The molecule has 1 heterocycles. The summed E-state index contributed by atoms with van der Waals surface area (Å²) in [5, 5.41) is 2.83. The Kier molecular flexibility index (Phi) is 9.56. The highest BCUT2D eigenvalue weighted by atomic mass is 16.2. The Morgan fingerprint density at radius 2 is 1.70 bits per heavy atom. The molecule has 168 valence electrons. The number of amides is 2. The SMILES string of the molecule is CCCCNC(=O)c1cn(C2CCCCC2)cc(C(=O)N(C)CCCN(C)C)c1=O. The van der Waals surface area contributed by atoms with E-state index in [0.29, 0.717) is 13.1 Å². The predicted octanol–water partition coefficient (Wildman–Crippen LogP) is 2.91. The van der Waals surface area contributed by atoms with Gasteiger partial charge in [-0.2, -0.15) is 0 Å². The molecule has 0 saturated heterocycles. The highest BCUT2D eigenvalue weighted by Crippen LogP contribution is 2.28. The van der Waals surface area contributed by atoms with Crippen LogP contribution in [0.4, 0.5) is 0 Å². The fourth-order valence-electron chi connectivity index (χ4n) is 3.91. The van der Waals surface area contributed by atoms with Crippen LogP contribution in [0.25, 0.3) is 0 Å². The zero-order chi connectivity index (χ0) is 22.1. The number of hydrogen-bond acceptors (Lipinski definition) is 4. The van der Waals surface area contributed by atoms with Crippen molar-refractivity contribution in [1.82, 2.24) is 19.7 Å². The maximum absolute atomic E-state index is 13.1. The van der Waals surface area contributed by atoms with Crippen LogP contribution in [0.5, 0.6) is 0 Å². The van der Waals surface area contributed by atoms with Gasteiger partial charge in [0.05, 0.1) is 0 Å². The molecule has 7 heteroatoms. The molecule has 0 aromatic carbocycles. The molecule has 30 heavy (non-hydrogen) atoms. The normalized spacial score (nSPS) is 14.7. The van der Waals surface area contributed by atoms with Crippen molar-refractivity contribution in [3.8, 4) is 0 Å². The number of hydrogen-bond donors (Lipinski definition) is 1. The van der Waals surface area contributed by atoms with E-state index in [2.05, 4.69) is 10.2 Å². The zero-order valence-electron chi connectivity index (χ0n) is 19.1. The first-order valence-electron chi connectivity index (χ1n) is 11.3. The Labute approximate surface area is 180 Å². The molecule has 1 saturated carbocycles. The summed E-state index contributed by atoms with van der Waals surface area (Å²) < 4.78 is 1.94. The van der Waals surface area contributed by atoms with Crippen molar-refractivity contribution in [2.24, 2.45) is 0 Å². The summed E-state index contributed by atoms with van der Waals surface area (Å²) in [6, 6.07) is 0.229. The molecule has 1 fully saturated rings. The van der Waals surface area contributed by atoms with Crippen molar-refractivity contribution in [2.75, 3.05) is 40.8 Å². The van der Waals surface area contributed by atoms with E-state index in [1.54, 1.807) is 24.3 Å². The van der Waals surface area contributed by atoms with Crippen molar-refractivity contribution >= 4 is 11.8 Å². The highest BCUT2D eigenvalue weighted by molar-refractivity contribution is 5.99. The summed E-state index contributed by atoms with van der Waals surface area (Å²) in [6.45, 7) is 4.01. The van der Waals surface area contributed by atoms with Crippen LogP contribution in [-0.4, -0.2) is 67.0 Å². The van der Waals surface area contributed by atoms with Crippen LogP contribution in [0.2, 0.25) is 0 Å². The second kappa shape index (κ2) is 11.9. The van der Waals surface area contributed by atoms with Crippen molar-refractivity contribution in [3.63, 3.8) is 0 Å². The fraction of sp³-hybridized carbons (Fsp3) is 0.696. The molecule has 0 spiro atoms. The van der Waals surface area contributed by atoms with E-state index in [9.17, 15) is 14.4 Å². The summed E-state index contributed by atoms with van der Waals surface area (Å²) in [5.41, 5.74) is -0.305. The Bertz CT molecular complexity index is 766. The molecule has 1 N–H and O–H groups in total. The van der Waals surface area contributed by atoms with Gasteiger partial charge in [-0.25, -0.2) is 0 Å². The molecule has 0 atom stereocenters. The maximum Gasteiger partial charge on any atom is 0.259 e. The minimum Gasteiger partial charge on any atom is -0.352 e. The van der Waals surface area contributed by atoms with E-state index < -0.39 is 5.43 Å². The molecule has 2 amide bonds. The topological polar surface area (TPSA) is 74.7 Å². The molecular formula is C23H38N4O3. The molecule has 0 radical (unpaired) electrons. The van der Waals surface area contributed by atoms with Crippen LogP contribution in [0.3, 0.4) is 0 Å². The van der Waals surface area contributed by atoms with E-state index in [4.69, 9.17) is 0 Å². The second-order valence-electron chi connectivity index (χ2n) is 8.65. The van der Waals surface area contributed by atoms with Crippen LogP contribution < -0.4 is 10.7 Å². The number of nitrogens with zero attached hydrogens (tertiary/aromatic N) is 3. The average Bonchev–Trinajstić information content (AvgIpc) is 2.73. The first-order chi connectivity index (χ1) is 14.3. The van der Waals surface area contributed by atoms with Gasteiger partial charge in [-0.3, -0.25) is 14.4 Å². The van der Waals surface area contributed by atoms with Gasteiger partial charge >= 0.3 is 0 Å². The number of unbranched alkanes of at least 4 members (excludes halogenated alkanes) is 1. The summed E-state index contributed by atoms with van der Waals surface area (Å²) in [4.78, 5) is 42.5. The lowest BCUT2D eigenvalue weighted by molar-refractivity contribution is 0.0788. The van der Waals surface area contributed by atoms with Crippen LogP contribution in [0.1, 0.15) is 85.0 Å². The van der Waals surface area contributed by atoms with Gasteiger partial charge in [0.15, 0.2) is 0 Å². The fourth-order valence-corrected chi connectivity index (χ4v) is 3.91. The quantitative estimate of drug-likeness (QED) is 0.593. The number of pyridine rings is 1. The largest absolute Gasteiger partial charge is 0.352 e. The highest BCUT2D eigenvalue weighted by Gasteiger charge is 2.24. The lowest BCUT2D eigenvalue weighted by atomic mass is 9.95. The minimum atomic E-state index is -0.472. The molecule has 1 aromatic heterocycles. The Morgan fingerprint density at radius 1 is 1.03 bits per heavy atom. The monoisotopic (exact) mass is 418 g/mol. The third-order valence-corrected chi connectivity index (χ3v) is 5.78.